The number of hydrogen-bond acceptors (Lipinski definition) is 4. The fourth-order valence-electron chi connectivity index (χ4n) is 4.15. The topological polar surface area (TPSA) is 45.7 Å². The molecule has 2 aliphatic heterocycles. The van der Waals surface area contributed by atoms with Crippen molar-refractivity contribution in [1.82, 2.24) is 14.8 Å². The molecule has 3 heterocycles. The quantitative estimate of drug-likeness (QED) is 0.801. The van der Waals surface area contributed by atoms with Crippen molar-refractivity contribution in [2.45, 2.75) is 25.8 Å². The third-order valence-corrected chi connectivity index (χ3v) is 5.89. The van der Waals surface area contributed by atoms with Gasteiger partial charge in [0, 0.05) is 50.7 Å². The number of nitrogens with zero attached hydrogens (tertiary/aromatic N) is 3. The van der Waals surface area contributed by atoms with E-state index in [2.05, 4.69) is 34.1 Å². The lowest BCUT2D eigenvalue weighted by Crippen LogP contribution is -2.38. The molecule has 2 saturated heterocycles. The monoisotopic (exact) mass is 379 g/mol. The first-order valence-electron chi connectivity index (χ1n) is 10.3. The van der Waals surface area contributed by atoms with E-state index in [9.17, 15) is 4.79 Å². The molecule has 28 heavy (non-hydrogen) atoms. The van der Waals surface area contributed by atoms with Crippen molar-refractivity contribution >= 4 is 5.91 Å². The summed E-state index contributed by atoms with van der Waals surface area (Å²) in [6.45, 7) is 6.46. The molecule has 2 fully saturated rings. The summed E-state index contributed by atoms with van der Waals surface area (Å²) < 4.78 is 5.42. The number of benzene rings is 1. The van der Waals surface area contributed by atoms with E-state index >= 15 is 0 Å². The van der Waals surface area contributed by atoms with Gasteiger partial charge in [0.15, 0.2) is 0 Å². The van der Waals surface area contributed by atoms with Crippen LogP contribution in [0.4, 0.5) is 0 Å². The van der Waals surface area contributed by atoms with Crippen LogP contribution in [0.25, 0.3) is 0 Å². The van der Waals surface area contributed by atoms with Crippen molar-refractivity contribution in [2.75, 3.05) is 39.4 Å². The van der Waals surface area contributed by atoms with Gasteiger partial charge < -0.3 is 9.64 Å². The highest BCUT2D eigenvalue weighted by atomic mass is 16.5. The highest BCUT2D eigenvalue weighted by Gasteiger charge is 2.23. The molecule has 5 heteroatoms. The maximum Gasteiger partial charge on any atom is 0.253 e. The van der Waals surface area contributed by atoms with Gasteiger partial charge in [-0.05, 0) is 48.4 Å². The second-order valence-electron chi connectivity index (χ2n) is 7.88. The van der Waals surface area contributed by atoms with Crippen LogP contribution in [0, 0.1) is 5.92 Å². The van der Waals surface area contributed by atoms with Crippen molar-refractivity contribution in [1.29, 1.82) is 0 Å². The third-order valence-electron chi connectivity index (χ3n) is 5.89. The normalized spacial score (nSPS) is 18.9. The molecule has 0 N–H and O–H groups in total. The number of likely N-dealkylation sites (tertiary alicyclic amines) is 1. The molecule has 1 aromatic heterocycles. The summed E-state index contributed by atoms with van der Waals surface area (Å²) in [5.41, 5.74) is 3.53. The minimum Gasteiger partial charge on any atom is -0.379 e. The van der Waals surface area contributed by atoms with Crippen LogP contribution in [0.5, 0.6) is 0 Å². The molecule has 0 unspecified atom stereocenters. The van der Waals surface area contributed by atoms with Crippen LogP contribution in [0.2, 0.25) is 0 Å². The summed E-state index contributed by atoms with van der Waals surface area (Å²) in [5.74, 6) is 0.792. The Bertz CT molecular complexity index is 749. The van der Waals surface area contributed by atoms with Crippen molar-refractivity contribution < 1.29 is 9.53 Å². The second-order valence-corrected chi connectivity index (χ2v) is 7.88. The van der Waals surface area contributed by atoms with E-state index in [0.29, 0.717) is 5.92 Å². The lowest BCUT2D eigenvalue weighted by molar-refractivity contribution is 0.0342. The number of morpholine rings is 1. The standard InChI is InChI=1S/C23H29N3O2/c27-23(22-5-9-24-10-6-22)26-11-7-20(8-12-26)17-19-1-3-21(4-2-19)18-25-13-15-28-16-14-25/h1-6,9-10,20H,7-8,11-18H2. The van der Waals surface area contributed by atoms with Gasteiger partial charge in [0.1, 0.15) is 0 Å². The average molecular weight is 380 g/mol. The van der Waals surface area contributed by atoms with Gasteiger partial charge in [-0.2, -0.15) is 0 Å². The van der Waals surface area contributed by atoms with Crippen molar-refractivity contribution in [2.24, 2.45) is 5.92 Å². The first kappa shape index (κ1) is 19.1. The predicted molar refractivity (Wildman–Crippen MR) is 109 cm³/mol. The number of ether oxygens (including phenoxy) is 1. The first-order valence-corrected chi connectivity index (χ1v) is 10.3. The van der Waals surface area contributed by atoms with Gasteiger partial charge in [-0.25, -0.2) is 0 Å². The lowest BCUT2D eigenvalue weighted by Gasteiger charge is -2.32. The van der Waals surface area contributed by atoms with E-state index in [1.807, 2.05) is 4.90 Å². The number of carbonyl (C=O) groups is 1. The Hall–Kier alpha value is -2.24. The summed E-state index contributed by atoms with van der Waals surface area (Å²) in [5, 5.41) is 0. The SMILES string of the molecule is O=C(c1ccncc1)N1CCC(Cc2ccc(CN3CCOCC3)cc2)CC1. The van der Waals surface area contributed by atoms with E-state index < -0.39 is 0 Å². The molecule has 2 aromatic rings. The maximum atomic E-state index is 12.6. The Balaban J connectivity index is 1.25. The molecule has 0 aliphatic carbocycles. The van der Waals surface area contributed by atoms with Gasteiger partial charge in [0.05, 0.1) is 13.2 Å². The number of hydrogen-bond donors (Lipinski definition) is 0. The molecule has 2 aliphatic rings. The third kappa shape index (κ3) is 4.97. The molecule has 0 saturated carbocycles. The van der Waals surface area contributed by atoms with Gasteiger partial charge >= 0.3 is 0 Å². The summed E-state index contributed by atoms with van der Waals surface area (Å²) in [4.78, 5) is 21.0. The molecule has 148 valence electrons. The van der Waals surface area contributed by atoms with Crippen molar-refractivity contribution in [3.05, 3.63) is 65.5 Å². The van der Waals surface area contributed by atoms with E-state index in [0.717, 1.165) is 70.8 Å². The Labute approximate surface area is 167 Å². The summed E-state index contributed by atoms with van der Waals surface area (Å²) >= 11 is 0. The van der Waals surface area contributed by atoms with E-state index in [1.54, 1.807) is 24.5 Å². The van der Waals surface area contributed by atoms with Crippen LogP contribution in [-0.2, 0) is 17.7 Å². The van der Waals surface area contributed by atoms with Crippen molar-refractivity contribution in [3.63, 3.8) is 0 Å². The fraction of sp³-hybridized carbons (Fsp3) is 0.478. The van der Waals surface area contributed by atoms with Gasteiger partial charge in [-0.3, -0.25) is 14.7 Å². The van der Waals surface area contributed by atoms with Gasteiger partial charge in [0.25, 0.3) is 5.91 Å². The number of amides is 1. The Morgan fingerprint density at radius 1 is 0.929 bits per heavy atom. The fourth-order valence-corrected chi connectivity index (χ4v) is 4.15. The number of rotatable bonds is 5. The largest absolute Gasteiger partial charge is 0.379 e. The zero-order valence-electron chi connectivity index (χ0n) is 16.4. The number of piperidine rings is 1. The molecule has 1 aromatic carbocycles. The Kier molecular flexibility index (Phi) is 6.34. The van der Waals surface area contributed by atoms with E-state index in [4.69, 9.17) is 4.74 Å². The summed E-state index contributed by atoms with van der Waals surface area (Å²) in [6, 6.07) is 12.7. The molecule has 0 spiro atoms. The van der Waals surface area contributed by atoms with Gasteiger partial charge in [-0.1, -0.05) is 24.3 Å². The smallest absolute Gasteiger partial charge is 0.253 e. The van der Waals surface area contributed by atoms with Crippen molar-refractivity contribution in [3.8, 4) is 0 Å². The zero-order chi connectivity index (χ0) is 19.2. The predicted octanol–water partition coefficient (Wildman–Crippen LogP) is 3.01. The summed E-state index contributed by atoms with van der Waals surface area (Å²) in [6.07, 6.45) is 6.62. The zero-order valence-corrected chi connectivity index (χ0v) is 16.4. The minimum absolute atomic E-state index is 0.133. The highest BCUT2D eigenvalue weighted by Crippen LogP contribution is 2.23. The molecule has 1 amide bonds. The molecule has 0 bridgehead atoms. The van der Waals surface area contributed by atoms with Crippen LogP contribution < -0.4 is 0 Å². The highest BCUT2D eigenvalue weighted by molar-refractivity contribution is 5.94. The molecule has 5 nitrogen and oxygen atoms in total. The molecule has 0 atom stereocenters. The van der Waals surface area contributed by atoms with Crippen LogP contribution in [0.15, 0.2) is 48.8 Å². The summed E-state index contributed by atoms with van der Waals surface area (Å²) in [7, 11) is 0. The van der Waals surface area contributed by atoms with Crippen LogP contribution in [0.1, 0.15) is 34.3 Å². The Morgan fingerprint density at radius 3 is 2.25 bits per heavy atom. The van der Waals surface area contributed by atoms with Crippen LogP contribution in [0.3, 0.4) is 0 Å². The van der Waals surface area contributed by atoms with Crippen LogP contribution >= 0.6 is 0 Å². The Morgan fingerprint density at radius 2 is 1.57 bits per heavy atom. The number of carbonyl (C=O) groups excluding carboxylic acids is 1. The van der Waals surface area contributed by atoms with Gasteiger partial charge in [0.2, 0.25) is 0 Å². The first-order chi connectivity index (χ1) is 13.8. The lowest BCUT2D eigenvalue weighted by atomic mass is 9.89. The molecule has 0 radical (unpaired) electrons. The molecular weight excluding hydrogens is 350 g/mol. The average Bonchev–Trinajstić information content (AvgIpc) is 2.76. The maximum absolute atomic E-state index is 12.6. The second kappa shape index (κ2) is 9.30. The van der Waals surface area contributed by atoms with Gasteiger partial charge in [-0.15, -0.1) is 0 Å². The van der Waals surface area contributed by atoms with E-state index in [1.165, 1.54) is 11.1 Å². The van der Waals surface area contributed by atoms with E-state index in [-0.39, 0.29) is 5.91 Å². The number of aromatic nitrogens is 1. The molecular formula is C23H29N3O2. The molecule has 4 rings (SSSR count). The van der Waals surface area contributed by atoms with Crippen LogP contribution in [-0.4, -0.2) is 60.1 Å². The number of pyridine rings is 1. The minimum atomic E-state index is 0.133.